The maximum Gasteiger partial charge on any atom is 0.264 e. The number of carbonyl (C=O) groups excluding carboxylic acids is 1. The first kappa shape index (κ1) is 24.8. The van der Waals surface area contributed by atoms with Gasteiger partial charge in [0.25, 0.3) is 15.9 Å². The third kappa shape index (κ3) is 6.35. The Morgan fingerprint density at radius 3 is 2.27 bits per heavy atom. The summed E-state index contributed by atoms with van der Waals surface area (Å²) in [6.45, 7) is 3.71. The Hall–Kier alpha value is -2.87. The van der Waals surface area contributed by atoms with Crippen LogP contribution < -0.4 is 9.73 Å². The largest absolute Gasteiger partial charge is 0.271 e. The summed E-state index contributed by atoms with van der Waals surface area (Å²) in [6, 6.07) is 20.0. The molecule has 33 heavy (non-hydrogen) atoms. The summed E-state index contributed by atoms with van der Waals surface area (Å²) in [4.78, 5) is 12.6. The summed E-state index contributed by atoms with van der Waals surface area (Å²) in [5.74, 6) is -0.203. The second-order valence-corrected chi connectivity index (χ2v) is 10.2. The Morgan fingerprint density at radius 1 is 1.00 bits per heavy atom. The summed E-state index contributed by atoms with van der Waals surface area (Å²) >= 11 is 12.1. The molecule has 1 amide bonds. The van der Waals surface area contributed by atoms with E-state index in [1.165, 1.54) is 42.1 Å². The molecule has 3 aromatic rings. The van der Waals surface area contributed by atoms with E-state index in [9.17, 15) is 13.2 Å². The van der Waals surface area contributed by atoms with Crippen LogP contribution in [0.15, 0.2) is 82.8 Å². The number of nitrogens with zero attached hydrogens (tertiary/aromatic N) is 2. The van der Waals surface area contributed by atoms with Crippen molar-refractivity contribution in [3.8, 4) is 0 Å². The van der Waals surface area contributed by atoms with E-state index in [0.717, 1.165) is 9.87 Å². The Balaban J connectivity index is 1.81. The van der Waals surface area contributed by atoms with E-state index < -0.39 is 22.5 Å². The summed E-state index contributed by atoms with van der Waals surface area (Å²) in [5.41, 5.74) is 4.59. The molecule has 0 aliphatic carbocycles. The van der Waals surface area contributed by atoms with Gasteiger partial charge < -0.3 is 0 Å². The molecule has 0 spiro atoms. The molecule has 0 unspecified atom stereocenters. The number of carbonyl (C=O) groups is 1. The predicted molar refractivity (Wildman–Crippen MR) is 134 cm³/mol. The van der Waals surface area contributed by atoms with Crippen LogP contribution in [0.1, 0.15) is 30.9 Å². The van der Waals surface area contributed by atoms with Crippen molar-refractivity contribution >= 4 is 51.0 Å². The lowest BCUT2D eigenvalue weighted by atomic mass is 10.0. The van der Waals surface area contributed by atoms with Crippen LogP contribution in [0.4, 0.5) is 5.69 Å². The Labute approximate surface area is 203 Å². The molecule has 0 fully saturated rings. The van der Waals surface area contributed by atoms with Crippen molar-refractivity contribution in [3.05, 3.63) is 94.0 Å². The fourth-order valence-electron chi connectivity index (χ4n) is 2.99. The smallest absolute Gasteiger partial charge is 0.264 e. The molecule has 0 radical (unpaired) electrons. The Kier molecular flexibility index (Phi) is 8.13. The molecule has 0 saturated carbocycles. The number of benzene rings is 3. The van der Waals surface area contributed by atoms with Gasteiger partial charge in [0.1, 0.15) is 6.54 Å². The van der Waals surface area contributed by atoms with Gasteiger partial charge in [0, 0.05) is 0 Å². The molecule has 0 aliphatic heterocycles. The molecule has 1 N–H and O–H groups in total. The molecular formula is C24H23Cl2N3O3S. The van der Waals surface area contributed by atoms with Gasteiger partial charge in [-0.1, -0.05) is 79.5 Å². The molecule has 0 aromatic heterocycles. The molecule has 9 heteroatoms. The van der Waals surface area contributed by atoms with Gasteiger partial charge in [-0.25, -0.2) is 13.8 Å². The lowest BCUT2D eigenvalue weighted by Crippen LogP contribution is -2.39. The van der Waals surface area contributed by atoms with Crippen molar-refractivity contribution in [2.24, 2.45) is 5.10 Å². The lowest BCUT2D eigenvalue weighted by molar-refractivity contribution is -0.119. The second-order valence-electron chi connectivity index (χ2n) is 7.54. The third-order valence-corrected chi connectivity index (χ3v) is 7.34. The average molecular weight is 504 g/mol. The zero-order valence-electron chi connectivity index (χ0n) is 18.1. The Bertz CT molecular complexity index is 1250. The van der Waals surface area contributed by atoms with E-state index in [1.54, 1.807) is 18.2 Å². The van der Waals surface area contributed by atoms with Crippen molar-refractivity contribution in [3.63, 3.8) is 0 Å². The summed E-state index contributed by atoms with van der Waals surface area (Å²) in [6.07, 6.45) is 1.50. The van der Waals surface area contributed by atoms with Crippen molar-refractivity contribution in [1.29, 1.82) is 0 Å². The summed E-state index contributed by atoms with van der Waals surface area (Å²) in [7, 11) is -4.05. The van der Waals surface area contributed by atoms with Crippen LogP contribution in [0.5, 0.6) is 0 Å². The SMILES string of the molecule is CC(C)c1ccc(/C=N/NC(=O)CN(c2ccc(Cl)c(Cl)c2)S(=O)(=O)c2ccccc2)cc1. The molecule has 0 atom stereocenters. The van der Waals surface area contributed by atoms with Crippen LogP contribution in [0.2, 0.25) is 10.0 Å². The number of nitrogens with one attached hydrogen (secondary N) is 1. The van der Waals surface area contributed by atoms with E-state index in [4.69, 9.17) is 23.2 Å². The fraction of sp³-hybridized carbons (Fsp3) is 0.167. The molecule has 172 valence electrons. The highest BCUT2D eigenvalue weighted by Gasteiger charge is 2.27. The van der Waals surface area contributed by atoms with Gasteiger partial charge in [-0.15, -0.1) is 0 Å². The molecule has 3 aromatic carbocycles. The molecule has 0 aliphatic rings. The van der Waals surface area contributed by atoms with Crippen LogP contribution in [0.25, 0.3) is 0 Å². The van der Waals surface area contributed by atoms with Gasteiger partial charge in [0.05, 0.1) is 26.8 Å². The average Bonchev–Trinajstić information content (AvgIpc) is 2.80. The van der Waals surface area contributed by atoms with Gasteiger partial charge >= 0.3 is 0 Å². The van der Waals surface area contributed by atoms with Gasteiger partial charge in [-0.3, -0.25) is 9.10 Å². The van der Waals surface area contributed by atoms with Gasteiger partial charge in [0.2, 0.25) is 0 Å². The second kappa shape index (κ2) is 10.8. The first-order valence-corrected chi connectivity index (χ1v) is 12.3. The minimum atomic E-state index is -4.05. The van der Waals surface area contributed by atoms with Crippen LogP contribution in [-0.4, -0.2) is 27.1 Å². The molecule has 0 heterocycles. The van der Waals surface area contributed by atoms with Gasteiger partial charge in [0.15, 0.2) is 0 Å². The lowest BCUT2D eigenvalue weighted by Gasteiger charge is -2.24. The number of amides is 1. The fourth-order valence-corrected chi connectivity index (χ4v) is 4.71. The van der Waals surface area contributed by atoms with Crippen LogP contribution in [0, 0.1) is 0 Å². The number of hydrogen-bond acceptors (Lipinski definition) is 4. The highest BCUT2D eigenvalue weighted by atomic mass is 35.5. The first-order valence-electron chi connectivity index (χ1n) is 10.1. The van der Waals surface area contributed by atoms with Crippen molar-refractivity contribution in [2.75, 3.05) is 10.8 Å². The number of halogens is 2. The molecule has 3 rings (SSSR count). The van der Waals surface area contributed by atoms with Crippen LogP contribution in [-0.2, 0) is 14.8 Å². The highest BCUT2D eigenvalue weighted by molar-refractivity contribution is 7.92. The van der Waals surface area contributed by atoms with Crippen molar-refractivity contribution in [2.45, 2.75) is 24.7 Å². The predicted octanol–water partition coefficient (Wildman–Crippen LogP) is 5.46. The topological polar surface area (TPSA) is 78.8 Å². The number of rotatable bonds is 8. The maximum absolute atomic E-state index is 13.3. The van der Waals surface area contributed by atoms with E-state index in [-0.39, 0.29) is 20.6 Å². The van der Waals surface area contributed by atoms with E-state index in [0.29, 0.717) is 5.92 Å². The molecule has 6 nitrogen and oxygen atoms in total. The monoisotopic (exact) mass is 503 g/mol. The summed E-state index contributed by atoms with van der Waals surface area (Å²) in [5, 5.41) is 4.40. The minimum Gasteiger partial charge on any atom is -0.271 e. The quantitative estimate of drug-likeness (QED) is 0.327. The zero-order chi connectivity index (χ0) is 24.0. The Morgan fingerprint density at radius 2 is 1.67 bits per heavy atom. The van der Waals surface area contributed by atoms with Gasteiger partial charge in [-0.05, 0) is 47.4 Å². The molecular weight excluding hydrogens is 481 g/mol. The third-order valence-electron chi connectivity index (χ3n) is 4.82. The maximum atomic E-state index is 13.3. The van der Waals surface area contributed by atoms with Crippen molar-refractivity contribution in [1.82, 2.24) is 5.43 Å². The molecule has 0 bridgehead atoms. The van der Waals surface area contributed by atoms with Crippen LogP contribution >= 0.6 is 23.2 Å². The molecule has 0 saturated heterocycles. The van der Waals surface area contributed by atoms with E-state index in [1.807, 2.05) is 24.3 Å². The number of anilines is 1. The van der Waals surface area contributed by atoms with Crippen LogP contribution in [0.3, 0.4) is 0 Å². The normalized spacial score (nSPS) is 11.7. The summed E-state index contributed by atoms with van der Waals surface area (Å²) < 4.78 is 27.5. The zero-order valence-corrected chi connectivity index (χ0v) is 20.4. The van der Waals surface area contributed by atoms with Gasteiger partial charge in [-0.2, -0.15) is 5.10 Å². The first-order chi connectivity index (χ1) is 15.7. The standard InChI is InChI=1S/C24H23Cl2N3O3S/c1-17(2)19-10-8-18(9-11-19)15-27-28-24(30)16-29(20-12-13-22(25)23(26)14-20)33(31,32)21-6-4-3-5-7-21/h3-15,17H,16H2,1-2H3,(H,28,30)/b27-15+. The number of sulfonamides is 1. The van der Waals surface area contributed by atoms with E-state index >= 15 is 0 Å². The van der Waals surface area contributed by atoms with Crippen molar-refractivity contribution < 1.29 is 13.2 Å². The number of hydrazone groups is 1. The van der Waals surface area contributed by atoms with E-state index in [2.05, 4.69) is 24.4 Å². The minimum absolute atomic E-state index is 0.0395. The highest BCUT2D eigenvalue weighted by Crippen LogP contribution is 2.30. The number of hydrogen-bond donors (Lipinski definition) is 1.